The number of carbonyl (C=O) groups is 1. The number of hydrogen-bond acceptors (Lipinski definition) is 4. The number of aliphatic hydroxyl groups excluding tert-OH is 1. The molecule has 1 rings (SSSR count). The second-order valence-electron chi connectivity index (χ2n) is 6.49. The molecule has 2 N–H and O–H groups in total. The highest BCUT2D eigenvalue weighted by atomic mass is 16.5. The number of aliphatic hydroxyl groups is 1. The Morgan fingerprint density at radius 3 is 2.70 bits per heavy atom. The number of nitrogens with zero attached hydrogens (tertiary/aromatic N) is 1. The minimum atomic E-state index is -0.338. The van der Waals surface area contributed by atoms with E-state index in [1.54, 1.807) is 0 Å². The van der Waals surface area contributed by atoms with Crippen molar-refractivity contribution in [2.75, 3.05) is 19.7 Å². The predicted molar refractivity (Wildman–Crippen MR) is 79.6 cm³/mol. The maximum atomic E-state index is 12.3. The molecule has 3 atom stereocenters. The SMILES string of the molecule is CCCC(C)NC(=O)C(C)N1CC(CO)OC(C)(C)C1. The highest BCUT2D eigenvalue weighted by Gasteiger charge is 2.36. The van der Waals surface area contributed by atoms with Crippen molar-refractivity contribution in [2.24, 2.45) is 0 Å². The lowest BCUT2D eigenvalue weighted by Crippen LogP contribution is -2.59. The Balaban J connectivity index is 2.60. The number of nitrogens with one attached hydrogen (secondary N) is 1. The van der Waals surface area contributed by atoms with Crippen LogP contribution >= 0.6 is 0 Å². The molecule has 1 amide bonds. The van der Waals surface area contributed by atoms with Gasteiger partial charge in [-0.25, -0.2) is 0 Å². The Kier molecular flexibility index (Phi) is 6.43. The zero-order chi connectivity index (χ0) is 15.3. The monoisotopic (exact) mass is 286 g/mol. The van der Waals surface area contributed by atoms with E-state index in [4.69, 9.17) is 4.74 Å². The molecule has 0 saturated carbocycles. The molecule has 0 bridgehead atoms. The zero-order valence-electron chi connectivity index (χ0n) is 13.5. The van der Waals surface area contributed by atoms with Gasteiger partial charge in [-0.2, -0.15) is 0 Å². The smallest absolute Gasteiger partial charge is 0.237 e. The van der Waals surface area contributed by atoms with Gasteiger partial charge in [-0.15, -0.1) is 0 Å². The van der Waals surface area contributed by atoms with Crippen LogP contribution in [0.4, 0.5) is 0 Å². The van der Waals surface area contributed by atoms with Crippen LogP contribution in [0.3, 0.4) is 0 Å². The van der Waals surface area contributed by atoms with Crippen molar-refractivity contribution >= 4 is 5.91 Å². The van der Waals surface area contributed by atoms with Crippen LogP contribution in [0.15, 0.2) is 0 Å². The minimum Gasteiger partial charge on any atom is -0.394 e. The molecular weight excluding hydrogens is 256 g/mol. The number of hydrogen-bond donors (Lipinski definition) is 2. The van der Waals surface area contributed by atoms with Gasteiger partial charge in [-0.1, -0.05) is 13.3 Å². The van der Waals surface area contributed by atoms with Crippen LogP contribution in [-0.4, -0.2) is 59.4 Å². The minimum absolute atomic E-state index is 0.0134. The number of carbonyl (C=O) groups excluding carboxylic acids is 1. The number of morpholine rings is 1. The number of rotatable bonds is 6. The summed E-state index contributed by atoms with van der Waals surface area (Å²) in [5.41, 5.74) is -0.338. The molecule has 1 aliphatic heterocycles. The molecule has 5 nitrogen and oxygen atoms in total. The molecule has 1 heterocycles. The van der Waals surface area contributed by atoms with E-state index in [-0.39, 0.29) is 36.3 Å². The van der Waals surface area contributed by atoms with Gasteiger partial charge in [0, 0.05) is 19.1 Å². The van der Waals surface area contributed by atoms with E-state index in [0.717, 1.165) is 12.8 Å². The molecule has 0 spiro atoms. The lowest BCUT2D eigenvalue weighted by molar-refractivity contribution is -0.161. The summed E-state index contributed by atoms with van der Waals surface area (Å²) in [6, 6.07) is 0.00386. The summed E-state index contributed by atoms with van der Waals surface area (Å²) in [4.78, 5) is 14.4. The molecule has 0 radical (unpaired) electrons. The van der Waals surface area contributed by atoms with Gasteiger partial charge in [-0.05, 0) is 34.1 Å². The van der Waals surface area contributed by atoms with E-state index in [1.165, 1.54) is 0 Å². The first kappa shape index (κ1) is 17.4. The summed E-state index contributed by atoms with van der Waals surface area (Å²) in [7, 11) is 0. The summed E-state index contributed by atoms with van der Waals surface area (Å²) >= 11 is 0. The Hall–Kier alpha value is -0.650. The van der Waals surface area contributed by atoms with E-state index in [1.807, 2.05) is 27.7 Å². The highest BCUT2D eigenvalue weighted by Crippen LogP contribution is 2.22. The summed E-state index contributed by atoms with van der Waals surface area (Å²) in [5.74, 6) is 0.0559. The molecule has 5 heteroatoms. The molecule has 118 valence electrons. The van der Waals surface area contributed by atoms with Gasteiger partial charge < -0.3 is 15.2 Å². The molecule has 1 saturated heterocycles. The summed E-state index contributed by atoms with van der Waals surface area (Å²) in [5, 5.41) is 12.4. The topological polar surface area (TPSA) is 61.8 Å². The van der Waals surface area contributed by atoms with Crippen molar-refractivity contribution < 1.29 is 14.6 Å². The molecule has 0 aromatic carbocycles. The van der Waals surface area contributed by atoms with Gasteiger partial charge in [0.1, 0.15) is 0 Å². The average molecular weight is 286 g/mol. The first-order valence-electron chi connectivity index (χ1n) is 7.62. The largest absolute Gasteiger partial charge is 0.394 e. The van der Waals surface area contributed by atoms with Gasteiger partial charge in [0.2, 0.25) is 5.91 Å². The highest BCUT2D eigenvalue weighted by molar-refractivity contribution is 5.81. The van der Waals surface area contributed by atoms with Crippen molar-refractivity contribution in [3.63, 3.8) is 0 Å². The quantitative estimate of drug-likeness (QED) is 0.769. The van der Waals surface area contributed by atoms with Crippen molar-refractivity contribution in [1.82, 2.24) is 10.2 Å². The van der Waals surface area contributed by atoms with Gasteiger partial charge >= 0.3 is 0 Å². The second-order valence-corrected chi connectivity index (χ2v) is 6.49. The molecule has 20 heavy (non-hydrogen) atoms. The van der Waals surface area contributed by atoms with Crippen LogP contribution in [0.1, 0.15) is 47.5 Å². The number of amides is 1. The van der Waals surface area contributed by atoms with Crippen LogP contribution in [0.5, 0.6) is 0 Å². The first-order chi connectivity index (χ1) is 9.29. The molecule has 0 aliphatic carbocycles. The van der Waals surface area contributed by atoms with E-state index in [9.17, 15) is 9.90 Å². The van der Waals surface area contributed by atoms with E-state index < -0.39 is 0 Å². The fourth-order valence-electron chi connectivity index (χ4n) is 2.77. The molecule has 0 aromatic heterocycles. The fraction of sp³-hybridized carbons (Fsp3) is 0.933. The van der Waals surface area contributed by atoms with Crippen molar-refractivity contribution in [3.05, 3.63) is 0 Å². The summed E-state index contributed by atoms with van der Waals surface area (Å²) in [6.45, 7) is 11.3. The van der Waals surface area contributed by atoms with Gasteiger partial charge in [0.25, 0.3) is 0 Å². The molecule has 3 unspecified atom stereocenters. The standard InChI is InChI=1S/C15H30N2O3/c1-6-7-11(2)16-14(19)12(3)17-8-13(9-18)20-15(4,5)10-17/h11-13,18H,6-10H2,1-5H3,(H,16,19). The third-order valence-corrected chi connectivity index (χ3v) is 3.75. The van der Waals surface area contributed by atoms with E-state index in [2.05, 4.69) is 17.1 Å². The zero-order valence-corrected chi connectivity index (χ0v) is 13.5. The Morgan fingerprint density at radius 2 is 2.15 bits per heavy atom. The van der Waals surface area contributed by atoms with Crippen molar-refractivity contribution in [3.8, 4) is 0 Å². The van der Waals surface area contributed by atoms with Crippen LogP contribution < -0.4 is 5.32 Å². The summed E-state index contributed by atoms with van der Waals surface area (Å²) < 4.78 is 5.78. The first-order valence-corrected chi connectivity index (χ1v) is 7.62. The van der Waals surface area contributed by atoms with Crippen molar-refractivity contribution in [2.45, 2.75) is 71.2 Å². The average Bonchev–Trinajstić information content (AvgIpc) is 2.35. The summed E-state index contributed by atoms with van der Waals surface area (Å²) in [6.07, 6.45) is 1.83. The maximum absolute atomic E-state index is 12.3. The Morgan fingerprint density at radius 1 is 1.50 bits per heavy atom. The third kappa shape index (κ3) is 5.04. The Bertz CT molecular complexity index is 320. The van der Waals surface area contributed by atoms with Crippen LogP contribution in [0, 0.1) is 0 Å². The van der Waals surface area contributed by atoms with Gasteiger partial charge in [0.05, 0.1) is 24.4 Å². The number of ether oxygens (including phenoxy) is 1. The van der Waals surface area contributed by atoms with Crippen LogP contribution in [-0.2, 0) is 9.53 Å². The van der Waals surface area contributed by atoms with E-state index in [0.29, 0.717) is 13.1 Å². The van der Waals surface area contributed by atoms with Crippen LogP contribution in [0.25, 0.3) is 0 Å². The maximum Gasteiger partial charge on any atom is 0.237 e. The lowest BCUT2D eigenvalue weighted by Gasteiger charge is -2.44. The van der Waals surface area contributed by atoms with Crippen LogP contribution in [0.2, 0.25) is 0 Å². The fourth-order valence-corrected chi connectivity index (χ4v) is 2.77. The Labute approximate surface area is 122 Å². The predicted octanol–water partition coefficient (Wildman–Crippen LogP) is 1.15. The molecular formula is C15H30N2O3. The molecule has 1 fully saturated rings. The third-order valence-electron chi connectivity index (χ3n) is 3.75. The van der Waals surface area contributed by atoms with Crippen molar-refractivity contribution in [1.29, 1.82) is 0 Å². The van der Waals surface area contributed by atoms with E-state index >= 15 is 0 Å². The molecule has 0 aromatic rings. The molecule has 1 aliphatic rings. The van der Waals surface area contributed by atoms with Gasteiger partial charge in [-0.3, -0.25) is 9.69 Å². The second kappa shape index (κ2) is 7.38. The lowest BCUT2D eigenvalue weighted by atomic mass is 10.0. The normalized spacial score (nSPS) is 26.0. The van der Waals surface area contributed by atoms with Gasteiger partial charge in [0.15, 0.2) is 0 Å².